The van der Waals surface area contributed by atoms with Crippen molar-refractivity contribution in [2.24, 2.45) is 11.5 Å². The second kappa shape index (κ2) is 7.21. The monoisotopic (exact) mass is 340 g/mol. The molecular formula is C12H24N2O9. The van der Waals surface area contributed by atoms with E-state index in [1.807, 2.05) is 0 Å². The summed E-state index contributed by atoms with van der Waals surface area (Å²) in [5, 5.41) is 59.0. The van der Waals surface area contributed by atoms with Crippen LogP contribution in [0.2, 0.25) is 0 Å². The van der Waals surface area contributed by atoms with Crippen molar-refractivity contribution in [3.05, 3.63) is 0 Å². The van der Waals surface area contributed by atoms with Crippen LogP contribution in [0, 0.1) is 0 Å². The van der Waals surface area contributed by atoms with Crippen LogP contribution >= 0.6 is 0 Å². The van der Waals surface area contributed by atoms with Crippen molar-refractivity contribution in [3.63, 3.8) is 0 Å². The third-order valence-corrected chi connectivity index (χ3v) is 4.18. The first-order chi connectivity index (χ1) is 10.8. The average Bonchev–Trinajstić information content (AvgIpc) is 2.80. The number of hydrogen-bond donors (Lipinski definition) is 8. The predicted molar refractivity (Wildman–Crippen MR) is 72.6 cm³/mol. The third-order valence-electron chi connectivity index (χ3n) is 4.18. The topological polar surface area (TPSA) is 201 Å². The molecule has 11 nitrogen and oxygen atoms in total. The highest BCUT2D eigenvalue weighted by Gasteiger charge is 2.58. The number of nitrogens with two attached hydrogens (primary N) is 2. The molecule has 2 rings (SSSR count). The van der Waals surface area contributed by atoms with Gasteiger partial charge in [0.25, 0.3) is 0 Å². The molecule has 2 aliphatic rings. The van der Waals surface area contributed by atoms with Crippen LogP contribution < -0.4 is 11.5 Å². The van der Waals surface area contributed by atoms with Crippen molar-refractivity contribution < 1.29 is 44.8 Å². The van der Waals surface area contributed by atoms with Crippen molar-refractivity contribution in [1.29, 1.82) is 0 Å². The summed E-state index contributed by atoms with van der Waals surface area (Å²) in [5.41, 5.74) is 10.8. The summed E-state index contributed by atoms with van der Waals surface area (Å²) < 4.78 is 15.9. The van der Waals surface area contributed by atoms with Gasteiger partial charge >= 0.3 is 0 Å². The lowest BCUT2D eigenvalue weighted by molar-refractivity contribution is -0.380. The molecule has 10 N–H and O–H groups in total. The Morgan fingerprint density at radius 3 is 1.96 bits per heavy atom. The Hall–Kier alpha value is -0.440. The Labute approximate surface area is 132 Å². The SMILES string of the molecule is NCC1OC(O[C@]2(CO)OC(CN)C(O)C2O)C(O)C(O)C1O. The molecule has 0 spiro atoms. The summed E-state index contributed by atoms with van der Waals surface area (Å²) in [4.78, 5) is 0. The molecule has 2 fully saturated rings. The van der Waals surface area contributed by atoms with E-state index in [-0.39, 0.29) is 13.1 Å². The lowest BCUT2D eigenvalue weighted by Gasteiger charge is -2.43. The minimum absolute atomic E-state index is 0.149. The Bertz CT molecular complexity index is 401. The van der Waals surface area contributed by atoms with Gasteiger partial charge < -0.3 is 56.3 Å². The molecular weight excluding hydrogens is 316 g/mol. The first-order valence-corrected chi connectivity index (χ1v) is 7.23. The van der Waals surface area contributed by atoms with Crippen molar-refractivity contribution in [2.45, 2.75) is 54.8 Å². The van der Waals surface area contributed by atoms with Crippen LogP contribution in [0.1, 0.15) is 0 Å². The van der Waals surface area contributed by atoms with E-state index in [0.717, 1.165) is 0 Å². The second-order valence-corrected chi connectivity index (χ2v) is 5.67. The molecule has 0 bridgehead atoms. The standard InChI is InChI=1S/C12H24N2O9/c13-1-4-6(16)8(18)9(19)11(21-4)23-12(3-15)10(20)7(17)5(2-14)22-12/h4-11,15-20H,1-3,13-14H2/t4?,5?,6?,7?,8?,9?,10?,11?,12-/m0/s1. The molecule has 0 aromatic heterocycles. The summed E-state index contributed by atoms with van der Waals surface area (Å²) in [5.74, 6) is -2.10. The van der Waals surface area contributed by atoms with Crippen LogP contribution in [0.4, 0.5) is 0 Å². The maximum atomic E-state index is 10.1. The summed E-state index contributed by atoms with van der Waals surface area (Å²) in [6.07, 6.45) is -11.4. The molecule has 11 heteroatoms. The van der Waals surface area contributed by atoms with Gasteiger partial charge in [-0.1, -0.05) is 0 Å². The Morgan fingerprint density at radius 2 is 1.48 bits per heavy atom. The van der Waals surface area contributed by atoms with Crippen molar-refractivity contribution in [2.75, 3.05) is 19.7 Å². The van der Waals surface area contributed by atoms with Crippen LogP contribution in [0.3, 0.4) is 0 Å². The zero-order valence-corrected chi connectivity index (χ0v) is 12.3. The van der Waals surface area contributed by atoms with Crippen molar-refractivity contribution >= 4 is 0 Å². The third kappa shape index (κ3) is 3.23. The molecule has 9 atom stereocenters. The fraction of sp³-hybridized carbons (Fsp3) is 1.00. The van der Waals surface area contributed by atoms with E-state index in [2.05, 4.69) is 0 Å². The van der Waals surface area contributed by atoms with Gasteiger partial charge in [0.2, 0.25) is 5.79 Å². The lowest BCUT2D eigenvalue weighted by atomic mass is 9.98. The first kappa shape index (κ1) is 18.9. The first-order valence-electron chi connectivity index (χ1n) is 7.23. The van der Waals surface area contributed by atoms with E-state index in [9.17, 15) is 30.6 Å². The summed E-state index contributed by atoms with van der Waals surface area (Å²) in [7, 11) is 0. The summed E-state index contributed by atoms with van der Waals surface area (Å²) in [6.45, 7) is -1.20. The number of ether oxygens (including phenoxy) is 3. The van der Waals surface area contributed by atoms with Gasteiger partial charge in [0.15, 0.2) is 6.29 Å². The number of hydrogen-bond acceptors (Lipinski definition) is 11. The number of aliphatic hydroxyl groups excluding tert-OH is 6. The zero-order chi connectivity index (χ0) is 17.4. The maximum absolute atomic E-state index is 10.1. The molecule has 0 aromatic rings. The fourth-order valence-electron chi connectivity index (χ4n) is 2.72. The van der Waals surface area contributed by atoms with Gasteiger partial charge in [0.1, 0.15) is 49.3 Å². The van der Waals surface area contributed by atoms with Gasteiger partial charge in [-0.15, -0.1) is 0 Å². The molecule has 136 valence electrons. The summed E-state index contributed by atoms with van der Waals surface area (Å²) >= 11 is 0. The number of rotatable bonds is 5. The van der Waals surface area contributed by atoms with Crippen LogP contribution in [0.15, 0.2) is 0 Å². The van der Waals surface area contributed by atoms with Crippen LogP contribution in [0.25, 0.3) is 0 Å². The van der Waals surface area contributed by atoms with E-state index in [1.54, 1.807) is 0 Å². The van der Waals surface area contributed by atoms with Gasteiger partial charge in [0, 0.05) is 13.1 Å². The molecule has 2 saturated heterocycles. The zero-order valence-electron chi connectivity index (χ0n) is 12.3. The summed E-state index contributed by atoms with van der Waals surface area (Å²) in [6, 6.07) is 0. The lowest BCUT2D eigenvalue weighted by Crippen LogP contribution is -2.63. The van der Waals surface area contributed by atoms with Crippen molar-refractivity contribution in [3.8, 4) is 0 Å². The molecule has 8 unspecified atom stereocenters. The van der Waals surface area contributed by atoms with Crippen LogP contribution in [-0.4, -0.2) is 105 Å². The molecule has 0 saturated carbocycles. The fourth-order valence-corrected chi connectivity index (χ4v) is 2.72. The van der Waals surface area contributed by atoms with Gasteiger partial charge in [-0.25, -0.2) is 0 Å². The molecule has 2 aliphatic heterocycles. The van der Waals surface area contributed by atoms with Crippen LogP contribution in [-0.2, 0) is 14.2 Å². The van der Waals surface area contributed by atoms with Gasteiger partial charge in [-0.2, -0.15) is 0 Å². The van der Waals surface area contributed by atoms with Gasteiger partial charge in [-0.3, -0.25) is 0 Å². The average molecular weight is 340 g/mol. The minimum atomic E-state index is -2.10. The highest BCUT2D eigenvalue weighted by atomic mass is 16.8. The van der Waals surface area contributed by atoms with Gasteiger partial charge in [-0.05, 0) is 0 Å². The molecule has 23 heavy (non-hydrogen) atoms. The van der Waals surface area contributed by atoms with Crippen LogP contribution in [0.5, 0.6) is 0 Å². The van der Waals surface area contributed by atoms with Gasteiger partial charge in [0.05, 0.1) is 0 Å². The predicted octanol–water partition coefficient (Wildman–Crippen LogP) is -5.46. The largest absolute Gasteiger partial charge is 0.391 e. The smallest absolute Gasteiger partial charge is 0.224 e. The van der Waals surface area contributed by atoms with E-state index in [4.69, 9.17) is 25.7 Å². The molecule has 0 amide bonds. The maximum Gasteiger partial charge on any atom is 0.224 e. The van der Waals surface area contributed by atoms with E-state index >= 15 is 0 Å². The second-order valence-electron chi connectivity index (χ2n) is 5.67. The van der Waals surface area contributed by atoms with Crippen molar-refractivity contribution in [1.82, 2.24) is 0 Å². The highest BCUT2D eigenvalue weighted by molar-refractivity contribution is 4.98. The van der Waals surface area contributed by atoms with E-state index in [0.29, 0.717) is 0 Å². The Morgan fingerprint density at radius 1 is 0.870 bits per heavy atom. The highest BCUT2D eigenvalue weighted by Crippen LogP contribution is 2.35. The molecule has 0 radical (unpaired) electrons. The molecule has 2 heterocycles. The van der Waals surface area contributed by atoms with E-state index < -0.39 is 61.4 Å². The quantitative estimate of drug-likeness (QED) is 0.237. The molecule has 0 aromatic carbocycles. The van der Waals surface area contributed by atoms with E-state index in [1.165, 1.54) is 0 Å². The minimum Gasteiger partial charge on any atom is -0.391 e. The Kier molecular flexibility index (Phi) is 5.92. The Balaban J connectivity index is 2.18. The normalized spacial score (nSPS) is 51.1. The molecule has 0 aliphatic carbocycles. The number of aliphatic hydroxyl groups is 6.